The molecule has 5 heteroatoms. The molecule has 1 amide bonds. The summed E-state index contributed by atoms with van der Waals surface area (Å²) in [7, 11) is 0. The predicted molar refractivity (Wildman–Crippen MR) is 97.8 cm³/mol. The van der Waals surface area contributed by atoms with Gasteiger partial charge in [0, 0.05) is 24.0 Å². The first-order valence-electron chi connectivity index (χ1n) is 8.07. The Morgan fingerprint density at radius 2 is 1.84 bits per heavy atom. The van der Waals surface area contributed by atoms with Crippen molar-refractivity contribution in [1.29, 1.82) is 0 Å². The molecule has 0 bridgehead atoms. The lowest BCUT2D eigenvalue weighted by Gasteiger charge is -2.12. The van der Waals surface area contributed by atoms with E-state index in [0.29, 0.717) is 31.0 Å². The number of hydrogen-bond donors (Lipinski definition) is 3. The summed E-state index contributed by atoms with van der Waals surface area (Å²) in [6, 6.07) is 18.2. The fourth-order valence-corrected chi connectivity index (χ4v) is 2.62. The van der Waals surface area contributed by atoms with Gasteiger partial charge in [0.2, 0.25) is 5.91 Å². The van der Waals surface area contributed by atoms with Crippen molar-refractivity contribution in [1.82, 2.24) is 5.32 Å². The summed E-state index contributed by atoms with van der Waals surface area (Å²) in [5, 5.41) is 14.4. The molecule has 0 aliphatic carbocycles. The molecule has 3 aromatic rings. The molecule has 0 atom stereocenters. The van der Waals surface area contributed by atoms with Gasteiger partial charge in [-0.25, -0.2) is 0 Å². The highest BCUT2D eigenvalue weighted by molar-refractivity contribution is 6.00. The number of amides is 1. The van der Waals surface area contributed by atoms with Crippen molar-refractivity contribution in [2.24, 2.45) is 5.73 Å². The third-order valence-corrected chi connectivity index (χ3v) is 3.91. The first-order valence-corrected chi connectivity index (χ1v) is 8.07. The highest BCUT2D eigenvalue weighted by Gasteiger charge is 2.08. The van der Waals surface area contributed by atoms with Crippen LogP contribution >= 0.6 is 0 Å². The van der Waals surface area contributed by atoms with E-state index in [9.17, 15) is 9.90 Å². The molecule has 0 aliphatic heterocycles. The number of primary amides is 1. The van der Waals surface area contributed by atoms with E-state index in [4.69, 9.17) is 10.5 Å². The summed E-state index contributed by atoms with van der Waals surface area (Å²) in [5.74, 6) is 0.438. The second-order valence-electron chi connectivity index (χ2n) is 5.75. The van der Waals surface area contributed by atoms with Gasteiger partial charge >= 0.3 is 0 Å². The molecule has 25 heavy (non-hydrogen) atoms. The van der Waals surface area contributed by atoms with Gasteiger partial charge in [-0.2, -0.15) is 0 Å². The minimum atomic E-state index is -0.471. The van der Waals surface area contributed by atoms with E-state index in [1.165, 1.54) is 0 Å². The number of nitrogens with one attached hydrogen (secondary N) is 1. The van der Waals surface area contributed by atoms with Gasteiger partial charge in [0.15, 0.2) is 0 Å². The third-order valence-electron chi connectivity index (χ3n) is 3.91. The summed E-state index contributed by atoms with van der Waals surface area (Å²) in [5.41, 5.74) is 6.92. The summed E-state index contributed by atoms with van der Waals surface area (Å²) in [4.78, 5) is 11.5. The number of rotatable bonds is 7. The van der Waals surface area contributed by atoms with Crippen molar-refractivity contribution in [3.8, 4) is 11.5 Å². The van der Waals surface area contributed by atoms with Crippen LogP contribution < -0.4 is 15.8 Å². The Morgan fingerprint density at radius 3 is 2.60 bits per heavy atom. The maximum atomic E-state index is 11.5. The zero-order valence-electron chi connectivity index (χ0n) is 13.7. The van der Waals surface area contributed by atoms with Crippen LogP contribution in [0.2, 0.25) is 0 Å². The van der Waals surface area contributed by atoms with Crippen molar-refractivity contribution >= 4 is 16.7 Å². The fraction of sp³-hybridized carbons (Fsp3) is 0.150. The Morgan fingerprint density at radius 1 is 1.08 bits per heavy atom. The number of aromatic hydroxyl groups is 1. The van der Waals surface area contributed by atoms with Crippen molar-refractivity contribution in [3.63, 3.8) is 0 Å². The minimum Gasteiger partial charge on any atom is -0.508 e. The largest absolute Gasteiger partial charge is 0.508 e. The summed E-state index contributed by atoms with van der Waals surface area (Å²) in [6.45, 7) is 1.80. The lowest BCUT2D eigenvalue weighted by molar-refractivity contribution is 0.1000. The number of phenolic OH excluding ortho intramolecular Hbond substituents is 1. The zero-order chi connectivity index (χ0) is 17.6. The molecule has 0 aliphatic rings. The molecular weight excluding hydrogens is 316 g/mol. The number of carbonyl (C=O) groups is 1. The van der Waals surface area contributed by atoms with Crippen molar-refractivity contribution in [3.05, 3.63) is 71.8 Å². The number of fused-ring (bicyclic) bond motifs is 1. The highest BCUT2D eigenvalue weighted by atomic mass is 16.5. The summed E-state index contributed by atoms with van der Waals surface area (Å²) < 4.78 is 5.86. The van der Waals surface area contributed by atoms with E-state index >= 15 is 0 Å². The van der Waals surface area contributed by atoms with Gasteiger partial charge in [-0.05, 0) is 35.2 Å². The van der Waals surface area contributed by atoms with Crippen LogP contribution in [-0.4, -0.2) is 24.2 Å². The average molecular weight is 336 g/mol. The number of ether oxygens (including phenoxy) is 1. The van der Waals surface area contributed by atoms with Crippen LogP contribution in [0.3, 0.4) is 0 Å². The van der Waals surface area contributed by atoms with E-state index in [0.717, 1.165) is 16.3 Å². The Bertz CT molecular complexity index is 876. The molecule has 0 saturated heterocycles. The normalized spacial score (nSPS) is 10.7. The quantitative estimate of drug-likeness (QED) is 0.579. The van der Waals surface area contributed by atoms with Crippen LogP contribution in [-0.2, 0) is 6.54 Å². The molecule has 0 spiro atoms. The number of benzene rings is 3. The van der Waals surface area contributed by atoms with Crippen LogP contribution in [0.15, 0.2) is 60.7 Å². The highest BCUT2D eigenvalue weighted by Crippen LogP contribution is 2.27. The molecular formula is C20H20N2O3. The molecule has 4 N–H and O–H groups in total. The van der Waals surface area contributed by atoms with Gasteiger partial charge in [0.1, 0.15) is 18.1 Å². The molecule has 3 rings (SSSR count). The van der Waals surface area contributed by atoms with Gasteiger partial charge < -0.3 is 20.9 Å². The molecule has 5 nitrogen and oxygen atoms in total. The van der Waals surface area contributed by atoms with Crippen molar-refractivity contribution in [2.45, 2.75) is 6.54 Å². The first-order chi connectivity index (χ1) is 12.1. The zero-order valence-corrected chi connectivity index (χ0v) is 13.7. The summed E-state index contributed by atoms with van der Waals surface area (Å²) >= 11 is 0. The van der Waals surface area contributed by atoms with Gasteiger partial charge in [0.05, 0.1) is 0 Å². The van der Waals surface area contributed by atoms with Gasteiger partial charge in [-0.1, -0.05) is 36.4 Å². The smallest absolute Gasteiger partial charge is 0.248 e. The van der Waals surface area contributed by atoms with E-state index < -0.39 is 5.91 Å². The van der Waals surface area contributed by atoms with E-state index in [1.54, 1.807) is 24.3 Å². The molecule has 3 aromatic carbocycles. The van der Waals surface area contributed by atoms with Crippen molar-refractivity contribution < 1.29 is 14.6 Å². The second kappa shape index (κ2) is 7.68. The molecule has 0 fully saturated rings. The van der Waals surface area contributed by atoms with E-state index in [-0.39, 0.29) is 5.75 Å². The molecule has 0 radical (unpaired) electrons. The van der Waals surface area contributed by atoms with Gasteiger partial charge in [-0.3, -0.25) is 4.79 Å². The Hall–Kier alpha value is -3.05. The second-order valence-corrected chi connectivity index (χ2v) is 5.75. The Labute approximate surface area is 146 Å². The number of phenols is 1. The van der Waals surface area contributed by atoms with E-state index in [2.05, 4.69) is 5.32 Å². The number of hydrogen-bond acceptors (Lipinski definition) is 4. The van der Waals surface area contributed by atoms with Gasteiger partial charge in [0.25, 0.3) is 0 Å². The Kier molecular flexibility index (Phi) is 5.16. The van der Waals surface area contributed by atoms with Crippen LogP contribution in [0.5, 0.6) is 11.5 Å². The Balaban J connectivity index is 1.60. The molecule has 0 saturated carbocycles. The van der Waals surface area contributed by atoms with E-state index in [1.807, 2.05) is 36.4 Å². The standard InChI is InChI=1S/C20H20N2O3/c21-20(24)16-11-15-3-1-2-4-18(15)19(12-16)25-10-9-22-13-14-5-7-17(23)8-6-14/h1-8,11-12,22-23H,9-10,13H2,(H2,21,24). The summed E-state index contributed by atoms with van der Waals surface area (Å²) in [6.07, 6.45) is 0. The number of carbonyl (C=O) groups excluding carboxylic acids is 1. The van der Waals surface area contributed by atoms with Crippen molar-refractivity contribution in [2.75, 3.05) is 13.2 Å². The number of nitrogens with two attached hydrogens (primary N) is 1. The van der Waals surface area contributed by atoms with Gasteiger partial charge in [-0.15, -0.1) is 0 Å². The molecule has 0 unspecified atom stereocenters. The van der Waals surface area contributed by atoms with Crippen LogP contribution in [0.4, 0.5) is 0 Å². The molecule has 0 heterocycles. The first kappa shape index (κ1) is 16.8. The topological polar surface area (TPSA) is 84.6 Å². The monoisotopic (exact) mass is 336 g/mol. The van der Waals surface area contributed by atoms with Crippen LogP contribution in [0.1, 0.15) is 15.9 Å². The molecule has 0 aromatic heterocycles. The average Bonchev–Trinajstić information content (AvgIpc) is 2.62. The predicted octanol–water partition coefficient (Wildman–Crippen LogP) is 2.81. The minimum absolute atomic E-state index is 0.258. The molecule has 128 valence electrons. The third kappa shape index (κ3) is 4.28. The fourth-order valence-electron chi connectivity index (χ4n) is 2.62. The SMILES string of the molecule is NC(=O)c1cc(OCCNCc2ccc(O)cc2)c2ccccc2c1. The maximum absolute atomic E-state index is 11.5. The van der Waals surface area contributed by atoms with Crippen LogP contribution in [0, 0.1) is 0 Å². The maximum Gasteiger partial charge on any atom is 0.248 e. The lowest BCUT2D eigenvalue weighted by atomic mass is 10.1. The van der Waals surface area contributed by atoms with Crippen LogP contribution in [0.25, 0.3) is 10.8 Å². The lowest BCUT2D eigenvalue weighted by Crippen LogP contribution is -2.20.